The molecule has 34 heavy (non-hydrogen) atoms. The summed E-state index contributed by atoms with van der Waals surface area (Å²) < 4.78 is 0.648. The molecule has 0 bridgehead atoms. The average molecular weight is 503 g/mol. The van der Waals surface area contributed by atoms with Crippen LogP contribution >= 0.6 is 22.9 Å². The van der Waals surface area contributed by atoms with Crippen LogP contribution in [0.1, 0.15) is 53.4 Å². The Balaban J connectivity index is 1.56. The number of carbonyl (C=O) groups excluding carboxylic acids is 1. The number of piperidine rings is 1. The van der Waals surface area contributed by atoms with Gasteiger partial charge in [0.05, 0.1) is 27.2 Å². The molecule has 2 unspecified atom stereocenters. The van der Waals surface area contributed by atoms with Crippen molar-refractivity contribution < 1.29 is 14.7 Å². The number of hydrogen-bond acceptors (Lipinski definition) is 8. The predicted octanol–water partition coefficient (Wildman–Crippen LogP) is 4.03. The largest absolute Gasteiger partial charge is 0.478 e. The van der Waals surface area contributed by atoms with E-state index in [0.717, 1.165) is 18.1 Å². The fraction of sp³-hybridized carbons (Fsp3) is 0.435. The summed E-state index contributed by atoms with van der Waals surface area (Å²) in [5, 5.41) is 22.7. The van der Waals surface area contributed by atoms with E-state index in [1.54, 1.807) is 12.1 Å². The zero-order chi connectivity index (χ0) is 24.4. The molecule has 9 nitrogen and oxygen atoms in total. The first-order valence-corrected chi connectivity index (χ1v) is 12.5. The number of carboxylic acids is 1. The molecule has 1 fully saturated rings. The van der Waals surface area contributed by atoms with Crippen LogP contribution in [0.4, 0.5) is 5.13 Å². The first-order chi connectivity index (χ1) is 16.3. The lowest BCUT2D eigenvalue weighted by Crippen LogP contribution is -2.54. The third-order valence-corrected chi connectivity index (χ3v) is 7.56. The quantitative estimate of drug-likeness (QED) is 0.256. The van der Waals surface area contributed by atoms with Gasteiger partial charge in [-0.3, -0.25) is 4.79 Å². The Bertz CT molecular complexity index is 1240. The number of ketones is 1. The van der Waals surface area contributed by atoms with Gasteiger partial charge in [0.1, 0.15) is 0 Å². The van der Waals surface area contributed by atoms with Crippen LogP contribution in [0.5, 0.6) is 0 Å². The normalized spacial score (nSPS) is 18.4. The van der Waals surface area contributed by atoms with Gasteiger partial charge in [-0.25, -0.2) is 14.8 Å². The van der Waals surface area contributed by atoms with E-state index in [2.05, 4.69) is 32.1 Å². The van der Waals surface area contributed by atoms with Gasteiger partial charge in [-0.1, -0.05) is 42.9 Å². The third-order valence-electron chi connectivity index (χ3n) is 6.09. The van der Waals surface area contributed by atoms with Crippen molar-refractivity contribution in [3.63, 3.8) is 0 Å². The minimum Gasteiger partial charge on any atom is -0.478 e. The number of thiazole rings is 1. The molecule has 0 spiro atoms. The maximum absolute atomic E-state index is 13.0. The highest BCUT2D eigenvalue weighted by Gasteiger charge is 2.36. The van der Waals surface area contributed by atoms with Gasteiger partial charge < -0.3 is 25.7 Å². The number of aromatic nitrogens is 3. The average Bonchev–Trinajstić information content (AvgIpc) is 3.44. The minimum absolute atomic E-state index is 0.0128. The summed E-state index contributed by atoms with van der Waals surface area (Å²) >= 11 is 7.46. The number of carboxylic acid groups (broad SMARTS) is 1. The summed E-state index contributed by atoms with van der Waals surface area (Å²) in [7, 11) is 0. The molecule has 2 atom stereocenters. The number of anilines is 1. The molecule has 180 valence electrons. The van der Waals surface area contributed by atoms with Crippen molar-refractivity contribution in [3.05, 3.63) is 40.4 Å². The van der Waals surface area contributed by atoms with E-state index in [4.69, 9.17) is 17.0 Å². The van der Waals surface area contributed by atoms with Crippen LogP contribution in [0.3, 0.4) is 0 Å². The van der Waals surface area contributed by atoms with Crippen LogP contribution in [0.2, 0.25) is 5.15 Å². The second-order valence-electron chi connectivity index (χ2n) is 8.31. The second-order valence-corrected chi connectivity index (χ2v) is 9.64. The number of imidazole rings is 1. The van der Waals surface area contributed by atoms with Crippen LogP contribution < -0.4 is 10.2 Å². The zero-order valence-electron chi connectivity index (χ0n) is 19.0. The van der Waals surface area contributed by atoms with E-state index >= 15 is 0 Å². The first-order valence-electron chi connectivity index (χ1n) is 11.3. The van der Waals surface area contributed by atoms with Crippen LogP contribution in [0.25, 0.3) is 10.2 Å². The number of aromatic amines is 1. The Morgan fingerprint density at radius 2 is 2.15 bits per heavy atom. The smallest absolute Gasteiger partial charge is 0.337 e. The molecule has 3 aromatic rings. The van der Waals surface area contributed by atoms with E-state index in [1.165, 1.54) is 11.3 Å². The van der Waals surface area contributed by atoms with Gasteiger partial charge in [-0.05, 0) is 37.9 Å². The van der Waals surface area contributed by atoms with Crippen LogP contribution in [0.15, 0.2) is 18.2 Å². The van der Waals surface area contributed by atoms with Gasteiger partial charge in [0.2, 0.25) is 5.78 Å². The van der Waals surface area contributed by atoms with E-state index in [-0.39, 0.29) is 34.2 Å². The molecule has 1 aliphatic rings. The molecule has 0 radical (unpaired) electrons. The number of halogens is 1. The topological polar surface area (TPSA) is 135 Å². The molecule has 0 aliphatic carbocycles. The maximum Gasteiger partial charge on any atom is 0.337 e. The number of aryl methyl sites for hydroxylation is 1. The van der Waals surface area contributed by atoms with Gasteiger partial charge in [-0.15, -0.1) is 0 Å². The number of carbonyl (C=O) groups is 2. The van der Waals surface area contributed by atoms with E-state index in [9.17, 15) is 14.7 Å². The molecule has 1 aromatic carbocycles. The molecule has 11 heteroatoms. The number of aromatic carboxylic acids is 1. The molecule has 0 amide bonds. The Morgan fingerprint density at radius 3 is 2.82 bits per heavy atom. The monoisotopic (exact) mass is 502 g/mol. The number of rotatable bonds is 9. The van der Waals surface area contributed by atoms with Crippen LogP contribution in [-0.4, -0.2) is 63.2 Å². The van der Waals surface area contributed by atoms with E-state index in [0.29, 0.717) is 41.8 Å². The standard InChI is InChI=1S/C23H27ClN6O3S/c1-3-9-26-16-11-30(23-28-15-7-5-6-13(22(32)33)19(15)34-23)10-8-12(16)17(25)18(31)21-27-14(4-2)20(24)29-21/h5-7,12,16,25-26H,3-4,8-11H2,1-2H3,(H,27,29)(H,32,33). The summed E-state index contributed by atoms with van der Waals surface area (Å²) in [6, 6.07) is 4.97. The Hall–Kier alpha value is -2.82. The maximum atomic E-state index is 13.0. The minimum atomic E-state index is -0.974. The Labute approximate surface area is 206 Å². The number of nitrogens with one attached hydrogen (secondary N) is 3. The van der Waals surface area contributed by atoms with Crippen molar-refractivity contribution in [2.45, 2.75) is 39.2 Å². The molecule has 4 N–H and O–H groups in total. The van der Waals surface area contributed by atoms with Crippen molar-refractivity contribution in [2.75, 3.05) is 24.5 Å². The summed E-state index contributed by atoms with van der Waals surface area (Å²) in [5.74, 6) is -1.59. The molecular weight excluding hydrogens is 476 g/mol. The lowest BCUT2D eigenvalue weighted by atomic mass is 9.85. The third kappa shape index (κ3) is 4.70. The fourth-order valence-corrected chi connectivity index (χ4v) is 5.65. The SMILES string of the molecule is CCCNC1CN(c2nc3cccc(C(=O)O)c3s2)CCC1C(=N)C(=O)c1nc(Cl)c(CC)[nH]1. The summed E-state index contributed by atoms with van der Waals surface area (Å²) in [5.41, 5.74) is 1.60. The number of nitrogens with zero attached hydrogens (tertiary/aromatic N) is 3. The number of hydrogen-bond donors (Lipinski definition) is 4. The van der Waals surface area contributed by atoms with Crippen LogP contribution in [0, 0.1) is 11.3 Å². The highest BCUT2D eigenvalue weighted by atomic mass is 35.5. The van der Waals surface area contributed by atoms with Gasteiger partial charge in [0.15, 0.2) is 16.1 Å². The Morgan fingerprint density at radius 1 is 1.35 bits per heavy atom. The second kappa shape index (κ2) is 10.2. The van der Waals surface area contributed by atoms with Crippen molar-refractivity contribution in [3.8, 4) is 0 Å². The van der Waals surface area contributed by atoms with E-state index < -0.39 is 11.8 Å². The lowest BCUT2D eigenvalue weighted by Gasteiger charge is -2.39. The van der Waals surface area contributed by atoms with Gasteiger partial charge >= 0.3 is 5.97 Å². The molecule has 1 saturated heterocycles. The van der Waals surface area contributed by atoms with Gasteiger partial charge in [0, 0.05) is 25.0 Å². The summed E-state index contributed by atoms with van der Waals surface area (Å²) in [6.07, 6.45) is 2.13. The Kier molecular flexibility index (Phi) is 7.30. The molecule has 3 heterocycles. The number of H-pyrrole nitrogens is 1. The van der Waals surface area contributed by atoms with E-state index in [1.807, 2.05) is 13.0 Å². The molecule has 1 aliphatic heterocycles. The van der Waals surface area contributed by atoms with Crippen molar-refractivity contribution in [1.29, 1.82) is 5.41 Å². The predicted molar refractivity (Wildman–Crippen MR) is 134 cm³/mol. The van der Waals surface area contributed by atoms with Gasteiger partial charge in [-0.2, -0.15) is 0 Å². The van der Waals surface area contributed by atoms with Crippen molar-refractivity contribution in [1.82, 2.24) is 20.3 Å². The highest BCUT2D eigenvalue weighted by Crippen LogP contribution is 2.34. The molecule has 2 aromatic heterocycles. The summed E-state index contributed by atoms with van der Waals surface area (Å²) in [6.45, 7) is 5.90. The zero-order valence-corrected chi connectivity index (χ0v) is 20.6. The summed E-state index contributed by atoms with van der Waals surface area (Å²) in [4.78, 5) is 38.5. The fourth-order valence-electron chi connectivity index (χ4n) is 4.27. The number of benzene rings is 1. The molecule has 0 saturated carbocycles. The molecule has 4 rings (SSSR count). The van der Waals surface area contributed by atoms with Crippen molar-refractivity contribution in [2.24, 2.45) is 5.92 Å². The van der Waals surface area contributed by atoms with Gasteiger partial charge in [0.25, 0.3) is 0 Å². The lowest BCUT2D eigenvalue weighted by molar-refractivity contribution is 0.0699. The number of Topliss-reactive ketones (excluding diaryl/α,β-unsaturated/α-hetero) is 1. The van der Waals surface area contributed by atoms with Crippen molar-refractivity contribution >= 4 is 55.8 Å². The first kappa shape index (κ1) is 24.3. The van der Waals surface area contributed by atoms with Crippen LogP contribution in [-0.2, 0) is 6.42 Å². The molecular formula is C23H27ClN6O3S. The number of fused-ring (bicyclic) bond motifs is 1. The highest BCUT2D eigenvalue weighted by molar-refractivity contribution is 7.22.